The molecule has 2 aliphatic heterocycles. The molecule has 0 saturated carbocycles. The van der Waals surface area contributed by atoms with E-state index in [0.29, 0.717) is 0 Å². The van der Waals surface area contributed by atoms with E-state index in [2.05, 4.69) is 107 Å². The summed E-state index contributed by atoms with van der Waals surface area (Å²) in [7, 11) is 0. The molecule has 0 bridgehead atoms. The summed E-state index contributed by atoms with van der Waals surface area (Å²) in [4.78, 5) is 0. The molecule has 4 heteroatoms. The highest BCUT2D eigenvalue weighted by atomic mass is 32.2. The lowest BCUT2D eigenvalue weighted by molar-refractivity contribution is 1.65. The van der Waals surface area contributed by atoms with Crippen LogP contribution < -0.4 is 10.4 Å². The highest BCUT2D eigenvalue weighted by molar-refractivity contribution is 8.35. The molecule has 4 aromatic rings. The minimum absolute atomic E-state index is 1.22. The van der Waals surface area contributed by atoms with Gasteiger partial charge in [-0.2, -0.15) is 0 Å². The van der Waals surface area contributed by atoms with Crippen LogP contribution >= 0.6 is 47.0 Å². The van der Waals surface area contributed by atoms with E-state index in [1.165, 1.54) is 51.6 Å². The third-order valence-electron chi connectivity index (χ3n) is 5.54. The Morgan fingerprint density at radius 3 is 1.56 bits per heavy atom. The fourth-order valence-corrected chi connectivity index (χ4v) is 7.99. The number of hydrogen-bond donors (Lipinski definition) is 0. The predicted molar refractivity (Wildman–Crippen MR) is 152 cm³/mol. The molecule has 0 fully saturated rings. The zero-order valence-electron chi connectivity index (χ0n) is 17.0. The van der Waals surface area contributed by atoms with Gasteiger partial charge in [0.2, 0.25) is 0 Å². The Balaban J connectivity index is 1.70. The van der Waals surface area contributed by atoms with Crippen LogP contribution in [0.2, 0.25) is 0 Å². The molecule has 0 saturated heterocycles. The molecule has 0 aliphatic carbocycles. The molecule has 0 nitrogen and oxygen atoms in total. The zero-order chi connectivity index (χ0) is 21.3. The number of fused-ring (bicyclic) bond motifs is 2. The lowest BCUT2D eigenvalue weighted by atomic mass is 9.97. The van der Waals surface area contributed by atoms with Crippen LogP contribution in [-0.4, -0.2) is 0 Å². The second-order valence-electron chi connectivity index (χ2n) is 7.44. The van der Waals surface area contributed by atoms with Crippen LogP contribution in [0.15, 0.2) is 94.4 Å². The number of rotatable bonds is 2. The summed E-state index contributed by atoms with van der Waals surface area (Å²) in [5.74, 6) is 0. The van der Waals surface area contributed by atoms with Crippen molar-refractivity contribution < 1.29 is 0 Å². The molecule has 0 radical (unpaired) electrons. The van der Waals surface area contributed by atoms with Crippen molar-refractivity contribution >= 4 is 89.2 Å². The lowest BCUT2D eigenvalue weighted by Gasteiger charge is -2.12. The lowest BCUT2D eigenvalue weighted by Crippen LogP contribution is -2.16. The van der Waals surface area contributed by atoms with Gasteiger partial charge >= 0.3 is 0 Å². The van der Waals surface area contributed by atoms with E-state index in [-0.39, 0.29) is 0 Å². The van der Waals surface area contributed by atoms with Crippen molar-refractivity contribution in [2.45, 2.75) is 0 Å². The molecular weight excluding hydrogens is 465 g/mol. The molecule has 2 heterocycles. The Bertz CT molecular complexity index is 1540. The van der Waals surface area contributed by atoms with Crippen LogP contribution in [0.4, 0.5) is 0 Å². The summed E-state index contributed by atoms with van der Waals surface area (Å²) in [6.45, 7) is 0. The van der Waals surface area contributed by atoms with Crippen LogP contribution in [0.1, 0.15) is 11.1 Å². The van der Waals surface area contributed by atoms with E-state index in [0.717, 1.165) is 0 Å². The number of thioether (sulfide) groups is 4. The highest BCUT2D eigenvalue weighted by Crippen LogP contribution is 2.41. The van der Waals surface area contributed by atoms with Crippen LogP contribution in [-0.2, 0) is 0 Å². The van der Waals surface area contributed by atoms with Crippen molar-refractivity contribution in [2.24, 2.45) is 0 Å². The van der Waals surface area contributed by atoms with E-state index in [1.807, 2.05) is 47.0 Å². The third kappa shape index (κ3) is 3.75. The molecule has 0 atom stereocenters. The van der Waals surface area contributed by atoms with E-state index < -0.39 is 0 Å². The van der Waals surface area contributed by atoms with Crippen molar-refractivity contribution in [1.82, 2.24) is 0 Å². The first-order valence-electron chi connectivity index (χ1n) is 10.3. The predicted octanol–water partition coefficient (Wildman–Crippen LogP) is 8.20. The second kappa shape index (κ2) is 8.95. The Hall–Kier alpha value is -2.24. The topological polar surface area (TPSA) is 0 Å². The van der Waals surface area contributed by atoms with E-state index in [9.17, 15) is 0 Å². The van der Waals surface area contributed by atoms with Gasteiger partial charge < -0.3 is 0 Å². The van der Waals surface area contributed by atoms with Crippen molar-refractivity contribution in [3.05, 3.63) is 116 Å². The summed E-state index contributed by atoms with van der Waals surface area (Å²) in [5, 5.41) is 16.8. The molecule has 154 valence electrons. The summed E-state index contributed by atoms with van der Waals surface area (Å²) in [5.41, 5.74) is 2.44. The Morgan fingerprint density at radius 1 is 0.438 bits per heavy atom. The van der Waals surface area contributed by atoms with Gasteiger partial charge in [-0.25, -0.2) is 0 Å². The monoisotopic (exact) mass is 482 g/mol. The smallest absolute Gasteiger partial charge is 0.0571 e. The zero-order valence-corrected chi connectivity index (χ0v) is 20.3. The van der Waals surface area contributed by atoms with Crippen molar-refractivity contribution in [1.29, 1.82) is 0 Å². The van der Waals surface area contributed by atoms with Gasteiger partial charge in [-0.05, 0) is 60.4 Å². The average Bonchev–Trinajstić information content (AvgIpc) is 3.56. The van der Waals surface area contributed by atoms with Crippen molar-refractivity contribution in [2.75, 3.05) is 0 Å². The minimum Gasteiger partial charge on any atom is -0.0895 e. The largest absolute Gasteiger partial charge is 0.0895 e. The second-order valence-corrected chi connectivity index (χ2v) is 11.6. The van der Waals surface area contributed by atoms with Gasteiger partial charge in [-0.3, -0.25) is 0 Å². The summed E-state index contributed by atoms with van der Waals surface area (Å²) in [6.07, 6.45) is 4.41. The normalized spacial score (nSPS) is 15.8. The molecule has 2 aliphatic rings. The van der Waals surface area contributed by atoms with Gasteiger partial charge in [0.15, 0.2) is 0 Å². The Labute approximate surface area is 204 Å². The first-order valence-corrected chi connectivity index (χ1v) is 13.8. The van der Waals surface area contributed by atoms with Crippen LogP contribution in [0, 0.1) is 0 Å². The van der Waals surface area contributed by atoms with Crippen molar-refractivity contribution in [3.8, 4) is 0 Å². The SMILES string of the molecule is C1=CSC(=c2c3ccccc3c(=C3SC=CS3)c3cc(/C=C/c4ccccc4)ccc23)S1. The standard InChI is InChI=1S/C28H18S4/c1-2-6-19(7-3-1)10-11-20-12-13-23-24(18-20)26(28-31-16-17-32-28)22-9-5-4-8-21(22)25(23)27-29-14-15-30-27/h1-18H/b11-10+. The fourth-order valence-electron chi connectivity index (χ4n) is 4.15. The van der Waals surface area contributed by atoms with E-state index >= 15 is 0 Å². The first-order chi connectivity index (χ1) is 15.9. The van der Waals surface area contributed by atoms with Crippen LogP contribution in [0.25, 0.3) is 42.2 Å². The van der Waals surface area contributed by atoms with Crippen molar-refractivity contribution in [3.63, 3.8) is 0 Å². The van der Waals surface area contributed by atoms with Gasteiger partial charge in [0.05, 0.1) is 8.47 Å². The quantitative estimate of drug-likeness (QED) is 0.208. The Kier molecular flexibility index (Phi) is 5.70. The maximum Gasteiger partial charge on any atom is 0.0571 e. The maximum atomic E-state index is 2.37. The van der Waals surface area contributed by atoms with Crippen LogP contribution in [0.3, 0.4) is 0 Å². The number of benzene rings is 4. The molecule has 0 spiro atoms. The van der Waals surface area contributed by atoms with Gasteiger partial charge in [-0.1, -0.05) is 126 Å². The fraction of sp³-hybridized carbons (Fsp3) is 0. The highest BCUT2D eigenvalue weighted by Gasteiger charge is 2.15. The molecule has 0 aromatic heterocycles. The molecule has 0 N–H and O–H groups in total. The molecule has 4 aromatic carbocycles. The average molecular weight is 483 g/mol. The van der Waals surface area contributed by atoms with E-state index in [1.54, 1.807) is 0 Å². The number of hydrogen-bond acceptors (Lipinski definition) is 4. The molecule has 32 heavy (non-hydrogen) atoms. The Morgan fingerprint density at radius 2 is 0.938 bits per heavy atom. The van der Waals surface area contributed by atoms with Crippen LogP contribution in [0.5, 0.6) is 0 Å². The van der Waals surface area contributed by atoms with E-state index in [4.69, 9.17) is 0 Å². The molecule has 0 amide bonds. The van der Waals surface area contributed by atoms with Gasteiger partial charge in [-0.15, -0.1) is 0 Å². The minimum atomic E-state index is 1.22. The molecule has 6 rings (SSSR count). The molecular formula is C28H18S4. The molecule has 0 unspecified atom stereocenters. The maximum absolute atomic E-state index is 2.37. The summed E-state index contributed by atoms with van der Waals surface area (Å²) in [6, 6.07) is 26.3. The summed E-state index contributed by atoms with van der Waals surface area (Å²) < 4.78 is 2.72. The summed E-state index contributed by atoms with van der Waals surface area (Å²) >= 11 is 7.32. The first kappa shape index (κ1) is 20.4. The van der Waals surface area contributed by atoms with Gasteiger partial charge in [0, 0.05) is 10.4 Å². The van der Waals surface area contributed by atoms with Gasteiger partial charge in [0.25, 0.3) is 0 Å². The third-order valence-corrected chi connectivity index (χ3v) is 9.80. The van der Waals surface area contributed by atoms with Gasteiger partial charge in [0.1, 0.15) is 0 Å².